The van der Waals surface area contributed by atoms with Crippen LogP contribution in [0.25, 0.3) is 0 Å². The van der Waals surface area contributed by atoms with Gasteiger partial charge in [-0.2, -0.15) is 0 Å². The van der Waals surface area contributed by atoms with E-state index in [1.807, 2.05) is 13.8 Å². The van der Waals surface area contributed by atoms with E-state index in [-0.39, 0.29) is 5.60 Å². The normalized spacial score (nSPS) is 18.0. The predicted molar refractivity (Wildman–Crippen MR) is 115 cm³/mol. The fourth-order valence-corrected chi connectivity index (χ4v) is 3.43. The van der Waals surface area contributed by atoms with Crippen LogP contribution in [0.15, 0.2) is 47.6 Å². The van der Waals surface area contributed by atoms with Crippen LogP contribution in [-0.4, -0.2) is 47.4 Å². The van der Waals surface area contributed by atoms with Gasteiger partial charge in [0.1, 0.15) is 0 Å². The van der Waals surface area contributed by atoms with E-state index in [1.54, 1.807) is 0 Å². The van der Waals surface area contributed by atoms with Crippen molar-refractivity contribution in [2.24, 2.45) is 0 Å². The first-order valence-electron chi connectivity index (χ1n) is 10.5. The standard InChI is InChI=1S/C24H39NO2/c1-23(2,26)16-18-27-24(3,4)15-17-25(19-21-11-7-5-8-12-21)20-22-13-9-6-10-14-22/h5-7,9,11,13,26H,8,10,12,14-20H2,1-4H3. The molecule has 0 heterocycles. The van der Waals surface area contributed by atoms with E-state index in [0.29, 0.717) is 13.0 Å². The molecule has 1 N–H and O–H groups in total. The van der Waals surface area contributed by atoms with Crippen LogP contribution in [0.1, 0.15) is 66.2 Å². The van der Waals surface area contributed by atoms with Gasteiger partial charge in [0.25, 0.3) is 0 Å². The van der Waals surface area contributed by atoms with Crippen molar-refractivity contribution >= 4 is 0 Å². The van der Waals surface area contributed by atoms with Gasteiger partial charge in [-0.1, -0.05) is 47.6 Å². The number of allylic oxidation sites excluding steroid dienone is 6. The Morgan fingerprint density at radius 1 is 0.926 bits per heavy atom. The van der Waals surface area contributed by atoms with Crippen molar-refractivity contribution in [2.75, 3.05) is 26.2 Å². The van der Waals surface area contributed by atoms with Crippen LogP contribution in [0.4, 0.5) is 0 Å². The van der Waals surface area contributed by atoms with Gasteiger partial charge < -0.3 is 9.84 Å². The molecule has 0 atom stereocenters. The SMILES string of the molecule is CC(C)(O)CCOC(C)(C)CCN(CC1=CC=CCC1)CC1=CC=CCC1. The maximum absolute atomic E-state index is 9.89. The van der Waals surface area contributed by atoms with E-state index >= 15 is 0 Å². The Bertz CT molecular complexity index is 542. The van der Waals surface area contributed by atoms with Crippen molar-refractivity contribution in [3.05, 3.63) is 47.6 Å². The van der Waals surface area contributed by atoms with Crippen molar-refractivity contribution in [3.8, 4) is 0 Å². The molecule has 0 aromatic carbocycles. The summed E-state index contributed by atoms with van der Waals surface area (Å²) in [5.41, 5.74) is 2.23. The molecule has 0 unspecified atom stereocenters. The highest BCUT2D eigenvalue weighted by molar-refractivity contribution is 5.21. The molecule has 2 aliphatic rings. The summed E-state index contributed by atoms with van der Waals surface area (Å²) in [4.78, 5) is 2.58. The van der Waals surface area contributed by atoms with Gasteiger partial charge in [-0.25, -0.2) is 0 Å². The molecule has 2 aliphatic carbocycles. The van der Waals surface area contributed by atoms with Gasteiger partial charge in [0.2, 0.25) is 0 Å². The van der Waals surface area contributed by atoms with Crippen LogP contribution in [0.2, 0.25) is 0 Å². The molecule has 0 aliphatic heterocycles. The highest BCUT2D eigenvalue weighted by Gasteiger charge is 2.22. The molecule has 0 amide bonds. The van der Waals surface area contributed by atoms with E-state index in [0.717, 1.165) is 38.9 Å². The van der Waals surface area contributed by atoms with Crippen LogP contribution in [0.3, 0.4) is 0 Å². The number of aliphatic hydroxyl groups is 1. The summed E-state index contributed by atoms with van der Waals surface area (Å²) in [5.74, 6) is 0. The van der Waals surface area contributed by atoms with E-state index in [2.05, 4.69) is 55.2 Å². The van der Waals surface area contributed by atoms with Crippen molar-refractivity contribution < 1.29 is 9.84 Å². The summed E-state index contributed by atoms with van der Waals surface area (Å²) in [6.07, 6.45) is 19.8. The largest absolute Gasteiger partial charge is 0.390 e. The molecule has 2 rings (SSSR count). The second-order valence-corrected chi connectivity index (χ2v) is 9.21. The fraction of sp³-hybridized carbons (Fsp3) is 0.667. The van der Waals surface area contributed by atoms with Crippen molar-refractivity contribution in [2.45, 2.75) is 77.4 Å². The monoisotopic (exact) mass is 373 g/mol. The summed E-state index contributed by atoms with van der Waals surface area (Å²) in [5, 5.41) is 9.89. The molecular formula is C24H39NO2. The lowest BCUT2D eigenvalue weighted by Gasteiger charge is -2.32. The first-order chi connectivity index (χ1) is 12.7. The zero-order chi connectivity index (χ0) is 19.8. The number of ether oxygens (including phenoxy) is 1. The topological polar surface area (TPSA) is 32.7 Å². The number of hydrogen-bond donors (Lipinski definition) is 1. The second-order valence-electron chi connectivity index (χ2n) is 9.21. The van der Waals surface area contributed by atoms with Crippen LogP contribution < -0.4 is 0 Å². The Hall–Kier alpha value is -1.16. The predicted octanol–water partition coefficient (Wildman–Crippen LogP) is 5.19. The van der Waals surface area contributed by atoms with Crippen LogP contribution in [0, 0.1) is 0 Å². The highest BCUT2D eigenvalue weighted by atomic mass is 16.5. The summed E-state index contributed by atoms with van der Waals surface area (Å²) in [6.45, 7) is 11.7. The minimum Gasteiger partial charge on any atom is -0.390 e. The highest BCUT2D eigenvalue weighted by Crippen LogP contribution is 2.21. The van der Waals surface area contributed by atoms with Crippen LogP contribution in [0.5, 0.6) is 0 Å². The number of nitrogens with zero attached hydrogens (tertiary/aromatic N) is 1. The second kappa shape index (κ2) is 10.4. The summed E-state index contributed by atoms with van der Waals surface area (Å²) >= 11 is 0. The molecule has 0 spiro atoms. The van der Waals surface area contributed by atoms with Crippen molar-refractivity contribution in [3.63, 3.8) is 0 Å². The molecule has 3 nitrogen and oxygen atoms in total. The Morgan fingerprint density at radius 2 is 1.48 bits per heavy atom. The average molecular weight is 374 g/mol. The Kier molecular flexibility index (Phi) is 8.53. The molecule has 27 heavy (non-hydrogen) atoms. The average Bonchev–Trinajstić information content (AvgIpc) is 2.60. The molecular weight excluding hydrogens is 334 g/mol. The smallest absolute Gasteiger partial charge is 0.0638 e. The molecule has 0 radical (unpaired) electrons. The van der Waals surface area contributed by atoms with Gasteiger partial charge in [0.05, 0.1) is 17.8 Å². The lowest BCUT2D eigenvalue weighted by molar-refractivity contribution is -0.0530. The van der Waals surface area contributed by atoms with Gasteiger partial charge >= 0.3 is 0 Å². The Morgan fingerprint density at radius 3 is 1.93 bits per heavy atom. The van der Waals surface area contributed by atoms with E-state index in [1.165, 1.54) is 24.0 Å². The minimum atomic E-state index is -0.663. The van der Waals surface area contributed by atoms with E-state index < -0.39 is 5.60 Å². The van der Waals surface area contributed by atoms with Gasteiger partial charge in [0, 0.05) is 19.6 Å². The molecule has 0 aromatic heterocycles. The first-order valence-corrected chi connectivity index (χ1v) is 10.5. The summed E-state index contributed by atoms with van der Waals surface area (Å²) in [6, 6.07) is 0. The third kappa shape index (κ3) is 9.55. The maximum atomic E-state index is 9.89. The van der Waals surface area contributed by atoms with Crippen molar-refractivity contribution in [1.82, 2.24) is 4.90 Å². The molecule has 152 valence electrons. The number of rotatable bonds is 11. The third-order valence-corrected chi connectivity index (χ3v) is 5.29. The zero-order valence-electron chi connectivity index (χ0n) is 17.8. The fourth-order valence-electron chi connectivity index (χ4n) is 3.43. The summed E-state index contributed by atoms with van der Waals surface area (Å²) in [7, 11) is 0. The van der Waals surface area contributed by atoms with E-state index in [9.17, 15) is 5.11 Å². The van der Waals surface area contributed by atoms with Gasteiger partial charge in [0.15, 0.2) is 0 Å². The molecule has 0 saturated carbocycles. The lowest BCUT2D eigenvalue weighted by atomic mass is 10.00. The van der Waals surface area contributed by atoms with Gasteiger partial charge in [-0.15, -0.1) is 0 Å². The molecule has 0 bridgehead atoms. The molecule has 0 saturated heterocycles. The number of hydrogen-bond acceptors (Lipinski definition) is 3. The third-order valence-electron chi connectivity index (χ3n) is 5.29. The van der Waals surface area contributed by atoms with Gasteiger partial charge in [-0.3, -0.25) is 4.90 Å². The first kappa shape index (κ1) is 22.1. The van der Waals surface area contributed by atoms with E-state index in [4.69, 9.17) is 4.74 Å². The zero-order valence-corrected chi connectivity index (χ0v) is 17.8. The maximum Gasteiger partial charge on any atom is 0.0638 e. The van der Waals surface area contributed by atoms with Crippen LogP contribution in [-0.2, 0) is 4.74 Å². The molecule has 0 fully saturated rings. The van der Waals surface area contributed by atoms with Crippen LogP contribution >= 0.6 is 0 Å². The van der Waals surface area contributed by atoms with Crippen molar-refractivity contribution in [1.29, 1.82) is 0 Å². The minimum absolute atomic E-state index is 0.175. The Balaban J connectivity index is 1.89. The quantitative estimate of drug-likeness (QED) is 0.541. The summed E-state index contributed by atoms with van der Waals surface area (Å²) < 4.78 is 6.10. The molecule has 3 heteroatoms. The lowest BCUT2D eigenvalue weighted by Crippen LogP contribution is -2.36. The van der Waals surface area contributed by atoms with Gasteiger partial charge in [-0.05, 0) is 66.2 Å². The Labute approximate surface area is 166 Å². The molecule has 0 aromatic rings.